The van der Waals surface area contributed by atoms with E-state index in [9.17, 15) is 4.79 Å². The fourth-order valence-electron chi connectivity index (χ4n) is 2.40. The number of piperidine rings is 1. The van der Waals surface area contributed by atoms with Gasteiger partial charge < -0.3 is 14.7 Å². The third-order valence-corrected chi connectivity index (χ3v) is 3.37. The predicted molar refractivity (Wildman–Crippen MR) is 55.3 cm³/mol. The van der Waals surface area contributed by atoms with Crippen LogP contribution in [0.1, 0.15) is 19.3 Å². The van der Waals surface area contributed by atoms with Crippen LogP contribution in [-0.2, 0) is 9.53 Å². The van der Waals surface area contributed by atoms with Gasteiger partial charge in [0.1, 0.15) is 0 Å². The monoisotopic (exact) mass is 213 g/mol. The lowest BCUT2D eigenvalue weighted by molar-refractivity contribution is -0.137. The molecule has 4 nitrogen and oxygen atoms in total. The van der Waals surface area contributed by atoms with E-state index in [2.05, 4.69) is 0 Å². The van der Waals surface area contributed by atoms with Gasteiger partial charge >= 0.3 is 0 Å². The molecule has 2 saturated heterocycles. The number of aliphatic hydroxyl groups is 1. The molecule has 0 aliphatic carbocycles. The van der Waals surface area contributed by atoms with Gasteiger partial charge in [-0.3, -0.25) is 4.79 Å². The number of hydrogen-bond acceptors (Lipinski definition) is 3. The molecule has 2 atom stereocenters. The lowest BCUT2D eigenvalue weighted by atomic mass is 9.97. The molecule has 0 saturated carbocycles. The Labute approximate surface area is 90.2 Å². The Hall–Kier alpha value is -0.610. The molecule has 4 heteroatoms. The number of amides is 1. The van der Waals surface area contributed by atoms with E-state index < -0.39 is 0 Å². The summed E-state index contributed by atoms with van der Waals surface area (Å²) in [6.07, 6.45) is 2.92. The van der Waals surface area contributed by atoms with Gasteiger partial charge in [0.15, 0.2) is 0 Å². The van der Waals surface area contributed by atoms with Crippen LogP contribution in [-0.4, -0.2) is 48.8 Å². The molecule has 0 aromatic carbocycles. The lowest BCUT2D eigenvalue weighted by Crippen LogP contribution is -2.44. The highest BCUT2D eigenvalue weighted by Gasteiger charge is 2.30. The van der Waals surface area contributed by atoms with Crippen molar-refractivity contribution >= 4 is 5.91 Å². The number of likely N-dealkylation sites (tertiary alicyclic amines) is 1. The van der Waals surface area contributed by atoms with Gasteiger partial charge in [-0.15, -0.1) is 0 Å². The SMILES string of the molecule is O=C([C@H]1CCOC1)N1CCC[C@@H](CO)C1. The Morgan fingerprint density at radius 1 is 1.47 bits per heavy atom. The number of aliphatic hydroxyl groups excluding tert-OH is 1. The molecule has 0 aromatic heterocycles. The molecule has 2 heterocycles. The van der Waals surface area contributed by atoms with Gasteiger partial charge in [-0.2, -0.15) is 0 Å². The molecule has 0 spiro atoms. The molecule has 0 unspecified atom stereocenters. The van der Waals surface area contributed by atoms with Gasteiger partial charge in [-0.1, -0.05) is 0 Å². The molecule has 2 rings (SSSR count). The first kappa shape index (κ1) is 10.9. The van der Waals surface area contributed by atoms with Crippen LogP contribution in [0.25, 0.3) is 0 Å². The van der Waals surface area contributed by atoms with Crippen molar-refractivity contribution in [3.8, 4) is 0 Å². The molecule has 86 valence electrons. The number of ether oxygens (including phenoxy) is 1. The van der Waals surface area contributed by atoms with E-state index in [1.165, 1.54) is 0 Å². The average Bonchev–Trinajstić information content (AvgIpc) is 2.81. The van der Waals surface area contributed by atoms with E-state index in [-0.39, 0.29) is 24.3 Å². The molecule has 0 aromatic rings. The van der Waals surface area contributed by atoms with Crippen LogP contribution < -0.4 is 0 Å². The topological polar surface area (TPSA) is 49.8 Å². The summed E-state index contributed by atoms with van der Waals surface area (Å²) in [4.78, 5) is 13.9. The molecule has 2 aliphatic heterocycles. The Balaban J connectivity index is 1.88. The first-order valence-corrected chi connectivity index (χ1v) is 5.78. The van der Waals surface area contributed by atoms with Gasteiger partial charge in [-0.05, 0) is 25.2 Å². The number of carbonyl (C=O) groups excluding carboxylic acids is 1. The van der Waals surface area contributed by atoms with Crippen LogP contribution in [0.2, 0.25) is 0 Å². The quantitative estimate of drug-likeness (QED) is 0.715. The van der Waals surface area contributed by atoms with Gasteiger partial charge in [0.05, 0.1) is 12.5 Å². The first-order valence-electron chi connectivity index (χ1n) is 5.78. The molecule has 0 bridgehead atoms. The summed E-state index contributed by atoms with van der Waals surface area (Å²) >= 11 is 0. The van der Waals surface area contributed by atoms with E-state index in [4.69, 9.17) is 9.84 Å². The summed E-state index contributed by atoms with van der Waals surface area (Å²) < 4.78 is 5.23. The number of carbonyl (C=O) groups is 1. The Kier molecular flexibility index (Phi) is 3.59. The van der Waals surface area contributed by atoms with E-state index >= 15 is 0 Å². The smallest absolute Gasteiger partial charge is 0.228 e. The summed E-state index contributed by atoms with van der Waals surface area (Å²) in [6.45, 7) is 3.08. The van der Waals surface area contributed by atoms with Gasteiger partial charge in [0, 0.05) is 26.3 Å². The number of hydrogen-bond donors (Lipinski definition) is 1. The highest BCUT2D eigenvalue weighted by Crippen LogP contribution is 2.21. The summed E-state index contributed by atoms with van der Waals surface area (Å²) in [5.74, 6) is 0.582. The summed E-state index contributed by atoms with van der Waals surface area (Å²) in [7, 11) is 0. The molecule has 2 fully saturated rings. The van der Waals surface area contributed by atoms with Crippen LogP contribution >= 0.6 is 0 Å². The zero-order valence-corrected chi connectivity index (χ0v) is 9.02. The van der Waals surface area contributed by atoms with Gasteiger partial charge in [0.2, 0.25) is 5.91 Å². The predicted octanol–water partition coefficient (Wildman–Crippen LogP) is 0.254. The Morgan fingerprint density at radius 3 is 3.00 bits per heavy atom. The van der Waals surface area contributed by atoms with Crippen molar-refractivity contribution in [2.75, 3.05) is 32.9 Å². The minimum atomic E-state index is 0.0717. The summed E-state index contributed by atoms with van der Waals surface area (Å²) in [6, 6.07) is 0. The standard InChI is InChI=1S/C11H19NO3/c13-7-9-2-1-4-12(6-9)11(14)10-3-5-15-8-10/h9-10,13H,1-8H2/t9-,10+/m1/s1. The van der Waals surface area contributed by atoms with E-state index in [0.717, 1.165) is 32.4 Å². The molecular formula is C11H19NO3. The third kappa shape index (κ3) is 2.49. The van der Waals surface area contributed by atoms with Crippen molar-refractivity contribution in [2.45, 2.75) is 19.3 Å². The van der Waals surface area contributed by atoms with Crippen molar-refractivity contribution in [3.63, 3.8) is 0 Å². The van der Waals surface area contributed by atoms with Gasteiger partial charge in [-0.25, -0.2) is 0 Å². The van der Waals surface area contributed by atoms with Crippen molar-refractivity contribution in [2.24, 2.45) is 11.8 Å². The van der Waals surface area contributed by atoms with Crippen LogP contribution in [0.5, 0.6) is 0 Å². The maximum Gasteiger partial charge on any atom is 0.228 e. The van der Waals surface area contributed by atoms with Crippen LogP contribution in [0.3, 0.4) is 0 Å². The Bertz CT molecular complexity index is 226. The molecule has 2 aliphatic rings. The van der Waals surface area contributed by atoms with E-state index in [1.807, 2.05) is 4.90 Å². The first-order chi connectivity index (χ1) is 7.31. The molecule has 1 N–H and O–H groups in total. The van der Waals surface area contributed by atoms with E-state index in [1.54, 1.807) is 0 Å². The van der Waals surface area contributed by atoms with Crippen molar-refractivity contribution in [3.05, 3.63) is 0 Å². The highest BCUT2D eigenvalue weighted by molar-refractivity contribution is 5.79. The van der Waals surface area contributed by atoms with Crippen LogP contribution in [0, 0.1) is 11.8 Å². The summed E-state index contributed by atoms with van der Waals surface area (Å²) in [5, 5.41) is 9.09. The average molecular weight is 213 g/mol. The summed E-state index contributed by atoms with van der Waals surface area (Å²) in [5.41, 5.74) is 0. The third-order valence-electron chi connectivity index (χ3n) is 3.37. The molecule has 15 heavy (non-hydrogen) atoms. The largest absolute Gasteiger partial charge is 0.396 e. The molecule has 0 radical (unpaired) electrons. The maximum atomic E-state index is 12.0. The van der Waals surface area contributed by atoms with Crippen LogP contribution in [0.15, 0.2) is 0 Å². The second kappa shape index (κ2) is 4.94. The maximum absolute atomic E-state index is 12.0. The fourth-order valence-corrected chi connectivity index (χ4v) is 2.40. The highest BCUT2D eigenvalue weighted by atomic mass is 16.5. The normalized spacial score (nSPS) is 31.9. The molecular weight excluding hydrogens is 194 g/mol. The van der Waals surface area contributed by atoms with Crippen molar-refractivity contribution < 1.29 is 14.6 Å². The minimum Gasteiger partial charge on any atom is -0.396 e. The fraction of sp³-hybridized carbons (Fsp3) is 0.909. The molecule has 1 amide bonds. The Morgan fingerprint density at radius 2 is 2.33 bits per heavy atom. The lowest BCUT2D eigenvalue weighted by Gasteiger charge is -2.33. The number of nitrogens with zero attached hydrogens (tertiary/aromatic N) is 1. The van der Waals surface area contributed by atoms with Crippen LogP contribution in [0.4, 0.5) is 0 Å². The van der Waals surface area contributed by atoms with Crippen molar-refractivity contribution in [1.82, 2.24) is 4.90 Å². The van der Waals surface area contributed by atoms with Crippen molar-refractivity contribution in [1.29, 1.82) is 0 Å². The van der Waals surface area contributed by atoms with Gasteiger partial charge in [0.25, 0.3) is 0 Å². The second-order valence-electron chi connectivity index (χ2n) is 4.54. The number of rotatable bonds is 2. The van der Waals surface area contributed by atoms with E-state index in [0.29, 0.717) is 13.2 Å². The zero-order valence-electron chi connectivity index (χ0n) is 9.02. The minimum absolute atomic E-state index is 0.0717. The zero-order chi connectivity index (χ0) is 10.7. The second-order valence-corrected chi connectivity index (χ2v) is 4.54.